The van der Waals surface area contributed by atoms with Crippen molar-refractivity contribution >= 4 is 11.0 Å². The second-order valence-corrected chi connectivity index (χ2v) is 7.14. The van der Waals surface area contributed by atoms with Crippen LogP contribution in [0.15, 0.2) is 42.5 Å². The van der Waals surface area contributed by atoms with Crippen LogP contribution in [-0.2, 0) is 11.3 Å². The maximum absolute atomic E-state index is 5.98. The summed E-state index contributed by atoms with van der Waals surface area (Å²) in [6.07, 6.45) is 3.24. The molecule has 1 aromatic heterocycles. The van der Waals surface area contributed by atoms with Crippen molar-refractivity contribution in [2.45, 2.75) is 45.8 Å². The summed E-state index contributed by atoms with van der Waals surface area (Å²) in [5, 5.41) is 0. The zero-order valence-corrected chi connectivity index (χ0v) is 15.6. The van der Waals surface area contributed by atoms with Gasteiger partial charge in [-0.2, -0.15) is 0 Å². The van der Waals surface area contributed by atoms with Crippen molar-refractivity contribution in [1.29, 1.82) is 0 Å². The van der Waals surface area contributed by atoms with Crippen LogP contribution in [0.4, 0.5) is 0 Å². The van der Waals surface area contributed by atoms with Crippen LogP contribution in [-0.4, -0.2) is 22.8 Å². The number of ether oxygens (including phenoxy) is 2. The smallest absolute Gasteiger partial charge is 0.139 e. The van der Waals surface area contributed by atoms with E-state index in [1.54, 1.807) is 0 Å². The summed E-state index contributed by atoms with van der Waals surface area (Å²) in [6, 6.07) is 14.7. The minimum absolute atomic E-state index is 0.128. The molecule has 4 rings (SSSR count). The van der Waals surface area contributed by atoms with Crippen LogP contribution in [0.25, 0.3) is 11.0 Å². The molecule has 1 aliphatic heterocycles. The molecule has 4 nitrogen and oxygen atoms in total. The molecule has 0 saturated carbocycles. The third-order valence-corrected chi connectivity index (χ3v) is 4.89. The molecule has 2 aromatic carbocycles. The first-order valence-electron chi connectivity index (χ1n) is 9.48. The van der Waals surface area contributed by atoms with Gasteiger partial charge < -0.3 is 14.0 Å². The van der Waals surface area contributed by atoms with Gasteiger partial charge in [0.1, 0.15) is 17.7 Å². The molecule has 0 spiro atoms. The maximum atomic E-state index is 5.98. The highest BCUT2D eigenvalue weighted by Crippen LogP contribution is 2.30. The van der Waals surface area contributed by atoms with Crippen LogP contribution in [0.1, 0.15) is 42.3 Å². The highest BCUT2D eigenvalue weighted by atomic mass is 16.5. The van der Waals surface area contributed by atoms with E-state index in [0.717, 1.165) is 49.5 Å². The number of para-hydroxylation sites is 2. The first-order chi connectivity index (χ1) is 12.7. The van der Waals surface area contributed by atoms with E-state index in [0.29, 0.717) is 6.61 Å². The molecular weight excluding hydrogens is 324 g/mol. The fourth-order valence-corrected chi connectivity index (χ4v) is 3.79. The van der Waals surface area contributed by atoms with Crippen molar-refractivity contribution in [3.8, 4) is 5.75 Å². The Kier molecular flexibility index (Phi) is 4.93. The predicted octanol–water partition coefficient (Wildman–Crippen LogP) is 4.97. The summed E-state index contributed by atoms with van der Waals surface area (Å²) in [4.78, 5) is 4.85. The van der Waals surface area contributed by atoms with Gasteiger partial charge in [0.2, 0.25) is 0 Å². The van der Waals surface area contributed by atoms with Gasteiger partial charge >= 0.3 is 0 Å². The summed E-state index contributed by atoms with van der Waals surface area (Å²) in [7, 11) is 0. The quantitative estimate of drug-likeness (QED) is 0.589. The third-order valence-electron chi connectivity index (χ3n) is 4.89. The largest absolute Gasteiger partial charge is 0.494 e. The number of imidazole rings is 1. The second-order valence-electron chi connectivity index (χ2n) is 7.14. The van der Waals surface area contributed by atoms with Crippen LogP contribution >= 0.6 is 0 Å². The molecule has 1 atom stereocenters. The van der Waals surface area contributed by atoms with E-state index in [9.17, 15) is 0 Å². The van der Waals surface area contributed by atoms with Crippen molar-refractivity contribution in [3.05, 3.63) is 59.4 Å². The summed E-state index contributed by atoms with van der Waals surface area (Å²) in [5.74, 6) is 2.02. The topological polar surface area (TPSA) is 36.3 Å². The Morgan fingerprint density at radius 3 is 2.73 bits per heavy atom. The van der Waals surface area contributed by atoms with Gasteiger partial charge in [0.05, 0.1) is 17.6 Å². The van der Waals surface area contributed by atoms with Gasteiger partial charge in [-0.25, -0.2) is 4.98 Å². The number of fused-ring (bicyclic) bond motifs is 1. The molecule has 136 valence electrons. The van der Waals surface area contributed by atoms with Crippen molar-refractivity contribution in [2.24, 2.45) is 0 Å². The maximum Gasteiger partial charge on any atom is 0.139 e. The summed E-state index contributed by atoms with van der Waals surface area (Å²) in [6.45, 7) is 6.63. The van der Waals surface area contributed by atoms with Gasteiger partial charge in [0.25, 0.3) is 0 Å². The highest BCUT2D eigenvalue weighted by Gasteiger charge is 2.24. The van der Waals surface area contributed by atoms with Gasteiger partial charge in [0, 0.05) is 13.2 Å². The first kappa shape index (κ1) is 17.1. The minimum atomic E-state index is 0.128. The molecule has 1 fully saturated rings. The molecule has 0 amide bonds. The number of benzene rings is 2. The molecule has 0 radical (unpaired) electrons. The first-order valence-corrected chi connectivity index (χ1v) is 9.48. The van der Waals surface area contributed by atoms with E-state index in [1.165, 1.54) is 16.6 Å². The standard InChI is InChI=1S/C22H26N2O2/c1-16-13-17(2)15-18(14-16)25-12-6-10-24-20-8-4-3-7-19(20)23-22(24)21-9-5-11-26-21/h3-4,7-8,13-15,21H,5-6,9-12H2,1-2H3. The molecule has 1 unspecified atom stereocenters. The Morgan fingerprint density at radius 2 is 1.96 bits per heavy atom. The second kappa shape index (κ2) is 7.50. The average Bonchev–Trinajstić information content (AvgIpc) is 3.26. The van der Waals surface area contributed by atoms with Gasteiger partial charge in [-0.15, -0.1) is 0 Å². The fourth-order valence-electron chi connectivity index (χ4n) is 3.79. The summed E-state index contributed by atoms with van der Waals surface area (Å²) in [5.41, 5.74) is 4.71. The van der Waals surface area contributed by atoms with Crippen molar-refractivity contribution < 1.29 is 9.47 Å². The lowest BCUT2D eigenvalue weighted by Crippen LogP contribution is -2.11. The molecule has 2 heterocycles. The average molecular weight is 350 g/mol. The normalized spacial score (nSPS) is 17.1. The van der Waals surface area contributed by atoms with E-state index in [4.69, 9.17) is 14.5 Å². The number of aromatic nitrogens is 2. The highest BCUT2D eigenvalue weighted by molar-refractivity contribution is 5.76. The molecule has 0 N–H and O–H groups in total. The van der Waals surface area contributed by atoms with Crippen LogP contribution in [0.5, 0.6) is 5.75 Å². The Hall–Kier alpha value is -2.33. The van der Waals surface area contributed by atoms with Crippen LogP contribution in [0.2, 0.25) is 0 Å². The SMILES string of the molecule is Cc1cc(C)cc(OCCCn2c(C3CCCO3)nc3ccccc32)c1. The molecule has 1 aliphatic rings. The number of aryl methyl sites for hydroxylation is 3. The molecule has 3 aromatic rings. The van der Waals surface area contributed by atoms with Crippen molar-refractivity contribution in [1.82, 2.24) is 9.55 Å². The van der Waals surface area contributed by atoms with E-state index in [1.807, 2.05) is 6.07 Å². The van der Waals surface area contributed by atoms with Crippen LogP contribution in [0.3, 0.4) is 0 Å². The van der Waals surface area contributed by atoms with Gasteiger partial charge in [0.15, 0.2) is 0 Å². The lowest BCUT2D eigenvalue weighted by atomic mass is 10.1. The lowest BCUT2D eigenvalue weighted by molar-refractivity contribution is 0.102. The lowest BCUT2D eigenvalue weighted by Gasteiger charge is -2.14. The molecular formula is C22H26N2O2. The third kappa shape index (κ3) is 3.61. The van der Waals surface area contributed by atoms with Crippen LogP contribution < -0.4 is 4.74 Å². The van der Waals surface area contributed by atoms with Gasteiger partial charge in [-0.05, 0) is 68.5 Å². The Bertz CT molecular complexity index is 874. The van der Waals surface area contributed by atoms with E-state index < -0.39 is 0 Å². The van der Waals surface area contributed by atoms with E-state index in [-0.39, 0.29) is 6.10 Å². The van der Waals surface area contributed by atoms with E-state index in [2.05, 4.69) is 54.8 Å². The predicted molar refractivity (Wildman–Crippen MR) is 104 cm³/mol. The molecule has 0 aliphatic carbocycles. The number of rotatable bonds is 6. The molecule has 1 saturated heterocycles. The summed E-state index contributed by atoms with van der Waals surface area (Å²) >= 11 is 0. The molecule has 0 bridgehead atoms. The van der Waals surface area contributed by atoms with E-state index >= 15 is 0 Å². The number of hydrogen-bond donors (Lipinski definition) is 0. The van der Waals surface area contributed by atoms with Crippen molar-refractivity contribution in [2.75, 3.05) is 13.2 Å². The Balaban J connectivity index is 1.47. The Labute approximate surface area is 154 Å². The molecule has 4 heteroatoms. The Morgan fingerprint density at radius 1 is 1.15 bits per heavy atom. The van der Waals surface area contributed by atoms with Crippen LogP contribution in [0, 0.1) is 13.8 Å². The monoisotopic (exact) mass is 350 g/mol. The zero-order chi connectivity index (χ0) is 17.9. The number of hydrogen-bond acceptors (Lipinski definition) is 3. The minimum Gasteiger partial charge on any atom is -0.494 e. The summed E-state index contributed by atoms with van der Waals surface area (Å²) < 4.78 is 14.2. The molecule has 26 heavy (non-hydrogen) atoms. The van der Waals surface area contributed by atoms with Crippen molar-refractivity contribution in [3.63, 3.8) is 0 Å². The van der Waals surface area contributed by atoms with Gasteiger partial charge in [-0.1, -0.05) is 18.2 Å². The fraction of sp³-hybridized carbons (Fsp3) is 0.409. The zero-order valence-electron chi connectivity index (χ0n) is 15.6. The number of nitrogens with zero attached hydrogens (tertiary/aromatic N) is 2. The van der Waals surface area contributed by atoms with Gasteiger partial charge in [-0.3, -0.25) is 0 Å².